The number of fused-ring (bicyclic) bond motifs is 1. The number of hydrogen-bond acceptors (Lipinski definition) is 5. The van der Waals surface area contributed by atoms with Gasteiger partial charge in [-0.3, -0.25) is 5.43 Å². The summed E-state index contributed by atoms with van der Waals surface area (Å²) in [6.45, 7) is 2.07. The number of thiazole rings is 1. The van der Waals surface area contributed by atoms with E-state index >= 15 is 0 Å². The van der Waals surface area contributed by atoms with Gasteiger partial charge in [-0.2, -0.15) is 5.10 Å². The summed E-state index contributed by atoms with van der Waals surface area (Å²) in [6, 6.07) is 9.85. The average molecular weight is 257 g/mol. The Hall–Kier alpha value is -2.14. The maximum absolute atomic E-state index is 5.14. The summed E-state index contributed by atoms with van der Waals surface area (Å²) in [5.74, 6) is 0.708. The van der Waals surface area contributed by atoms with Crippen molar-refractivity contribution in [3.05, 3.63) is 47.9 Å². The van der Waals surface area contributed by atoms with E-state index < -0.39 is 0 Å². The molecule has 0 bridgehead atoms. The second-order valence-corrected chi connectivity index (χ2v) is 4.91. The molecule has 0 amide bonds. The Labute approximate surface area is 108 Å². The van der Waals surface area contributed by atoms with E-state index in [9.17, 15) is 0 Å². The third-order valence-electron chi connectivity index (χ3n) is 2.44. The number of anilines is 1. The van der Waals surface area contributed by atoms with Crippen LogP contribution in [0, 0.1) is 6.92 Å². The quantitative estimate of drug-likeness (QED) is 0.575. The van der Waals surface area contributed by atoms with Gasteiger partial charge in [0.05, 0.1) is 22.7 Å². The lowest BCUT2D eigenvalue weighted by molar-refractivity contribution is 0.560. The number of nitrogens with zero attached hydrogens (tertiary/aromatic N) is 2. The van der Waals surface area contributed by atoms with Crippen molar-refractivity contribution in [3.8, 4) is 0 Å². The lowest BCUT2D eigenvalue weighted by atomic mass is 10.2. The summed E-state index contributed by atoms with van der Waals surface area (Å²) >= 11 is 1.58. The van der Waals surface area contributed by atoms with Crippen molar-refractivity contribution in [1.29, 1.82) is 0 Å². The number of rotatable bonds is 3. The summed E-state index contributed by atoms with van der Waals surface area (Å²) in [6.07, 6.45) is 3.24. The van der Waals surface area contributed by atoms with Gasteiger partial charge in [-0.15, -0.1) is 0 Å². The number of hydrazone groups is 1. The molecule has 3 rings (SSSR count). The SMILES string of the molecule is Cc1ccc2nc(N/N=C\c3ccco3)sc2c1. The maximum atomic E-state index is 5.14. The van der Waals surface area contributed by atoms with E-state index in [1.165, 1.54) is 5.56 Å². The predicted molar refractivity (Wildman–Crippen MR) is 74.3 cm³/mol. The van der Waals surface area contributed by atoms with Gasteiger partial charge in [0.15, 0.2) is 0 Å². The van der Waals surface area contributed by atoms with E-state index in [2.05, 4.69) is 34.6 Å². The molecule has 0 radical (unpaired) electrons. The summed E-state index contributed by atoms with van der Waals surface area (Å²) in [4.78, 5) is 4.44. The van der Waals surface area contributed by atoms with E-state index in [4.69, 9.17) is 4.42 Å². The minimum absolute atomic E-state index is 0.708. The predicted octanol–water partition coefficient (Wildman–Crippen LogP) is 3.64. The Kier molecular flexibility index (Phi) is 2.82. The highest BCUT2D eigenvalue weighted by atomic mass is 32.1. The van der Waals surface area contributed by atoms with Crippen LogP contribution < -0.4 is 5.43 Å². The van der Waals surface area contributed by atoms with Crippen molar-refractivity contribution in [2.45, 2.75) is 6.92 Å². The van der Waals surface area contributed by atoms with Crippen LogP contribution in [0.25, 0.3) is 10.2 Å². The zero-order chi connectivity index (χ0) is 12.4. The summed E-state index contributed by atoms with van der Waals surface area (Å²) in [7, 11) is 0. The average Bonchev–Trinajstić information content (AvgIpc) is 2.97. The molecule has 0 aliphatic rings. The van der Waals surface area contributed by atoms with Gasteiger partial charge in [-0.05, 0) is 36.8 Å². The van der Waals surface area contributed by atoms with E-state index in [0.717, 1.165) is 15.3 Å². The molecule has 0 saturated carbocycles. The zero-order valence-corrected chi connectivity index (χ0v) is 10.6. The first-order chi connectivity index (χ1) is 8.81. The van der Waals surface area contributed by atoms with Crippen molar-refractivity contribution in [2.75, 3.05) is 5.43 Å². The molecule has 3 aromatic rings. The molecule has 90 valence electrons. The molecular formula is C13H11N3OS. The van der Waals surface area contributed by atoms with Gasteiger partial charge >= 0.3 is 0 Å². The van der Waals surface area contributed by atoms with Crippen LogP contribution >= 0.6 is 11.3 Å². The highest BCUT2D eigenvalue weighted by molar-refractivity contribution is 7.22. The second kappa shape index (κ2) is 4.62. The van der Waals surface area contributed by atoms with Gasteiger partial charge in [0.1, 0.15) is 5.76 Å². The summed E-state index contributed by atoms with van der Waals surface area (Å²) in [5.41, 5.74) is 5.13. The minimum Gasteiger partial charge on any atom is -0.463 e. The van der Waals surface area contributed by atoms with Crippen molar-refractivity contribution < 1.29 is 4.42 Å². The second-order valence-electron chi connectivity index (χ2n) is 3.88. The highest BCUT2D eigenvalue weighted by Crippen LogP contribution is 2.26. The van der Waals surface area contributed by atoms with Crippen LogP contribution in [0.5, 0.6) is 0 Å². The van der Waals surface area contributed by atoms with Gasteiger partial charge in [-0.1, -0.05) is 17.4 Å². The highest BCUT2D eigenvalue weighted by Gasteiger charge is 2.02. The van der Waals surface area contributed by atoms with Gasteiger partial charge in [0, 0.05) is 0 Å². The van der Waals surface area contributed by atoms with Crippen LogP contribution in [0.4, 0.5) is 5.13 Å². The lowest BCUT2D eigenvalue weighted by Gasteiger charge is -1.90. The van der Waals surface area contributed by atoms with Gasteiger partial charge in [0.2, 0.25) is 5.13 Å². The first-order valence-corrected chi connectivity index (χ1v) is 6.33. The Morgan fingerprint density at radius 1 is 1.39 bits per heavy atom. The molecule has 2 aromatic heterocycles. The molecule has 1 N–H and O–H groups in total. The third kappa shape index (κ3) is 2.26. The molecule has 2 heterocycles. The number of aryl methyl sites for hydroxylation is 1. The summed E-state index contributed by atoms with van der Waals surface area (Å²) < 4.78 is 6.30. The molecule has 0 fully saturated rings. The molecule has 4 nitrogen and oxygen atoms in total. The number of nitrogens with one attached hydrogen (secondary N) is 1. The number of aromatic nitrogens is 1. The van der Waals surface area contributed by atoms with E-state index in [0.29, 0.717) is 5.76 Å². The Morgan fingerprint density at radius 3 is 3.17 bits per heavy atom. The standard InChI is InChI=1S/C13H11N3OS/c1-9-4-5-11-12(7-9)18-13(15-11)16-14-8-10-3-2-6-17-10/h2-8H,1H3,(H,15,16)/b14-8-. The lowest BCUT2D eigenvalue weighted by Crippen LogP contribution is -1.88. The minimum atomic E-state index is 0.708. The number of hydrogen-bond donors (Lipinski definition) is 1. The van der Waals surface area contributed by atoms with Crippen molar-refractivity contribution in [1.82, 2.24) is 4.98 Å². The molecule has 1 aromatic carbocycles. The fraction of sp³-hybridized carbons (Fsp3) is 0.0769. The van der Waals surface area contributed by atoms with E-state index in [-0.39, 0.29) is 0 Å². The smallest absolute Gasteiger partial charge is 0.204 e. The van der Waals surface area contributed by atoms with Crippen molar-refractivity contribution >= 4 is 32.9 Å². The van der Waals surface area contributed by atoms with Crippen LogP contribution in [0.1, 0.15) is 11.3 Å². The zero-order valence-electron chi connectivity index (χ0n) is 9.75. The normalized spacial score (nSPS) is 11.4. The summed E-state index contributed by atoms with van der Waals surface area (Å²) in [5, 5.41) is 4.86. The van der Waals surface area contributed by atoms with Crippen LogP contribution in [-0.4, -0.2) is 11.2 Å². The topological polar surface area (TPSA) is 50.4 Å². The Balaban J connectivity index is 1.79. The van der Waals surface area contributed by atoms with Crippen molar-refractivity contribution in [3.63, 3.8) is 0 Å². The van der Waals surface area contributed by atoms with Gasteiger partial charge < -0.3 is 4.42 Å². The first-order valence-electron chi connectivity index (χ1n) is 5.51. The van der Waals surface area contributed by atoms with Gasteiger partial charge in [-0.25, -0.2) is 4.98 Å². The number of furan rings is 1. The van der Waals surface area contributed by atoms with Crippen LogP contribution in [0.3, 0.4) is 0 Å². The number of benzene rings is 1. The van der Waals surface area contributed by atoms with E-state index in [1.807, 2.05) is 18.2 Å². The Bertz CT molecular complexity index is 685. The van der Waals surface area contributed by atoms with Crippen LogP contribution in [0.2, 0.25) is 0 Å². The molecule has 0 saturated heterocycles. The molecule has 5 heteroatoms. The van der Waals surface area contributed by atoms with Crippen LogP contribution in [0.15, 0.2) is 46.1 Å². The van der Waals surface area contributed by atoms with Crippen LogP contribution in [-0.2, 0) is 0 Å². The van der Waals surface area contributed by atoms with E-state index in [1.54, 1.807) is 23.8 Å². The molecule has 0 atom stereocenters. The molecule has 0 spiro atoms. The van der Waals surface area contributed by atoms with Gasteiger partial charge in [0.25, 0.3) is 0 Å². The molecule has 0 aliphatic heterocycles. The Morgan fingerprint density at radius 2 is 2.33 bits per heavy atom. The monoisotopic (exact) mass is 257 g/mol. The molecule has 0 unspecified atom stereocenters. The first kappa shape index (κ1) is 11.0. The third-order valence-corrected chi connectivity index (χ3v) is 3.36. The maximum Gasteiger partial charge on any atom is 0.204 e. The molecule has 18 heavy (non-hydrogen) atoms. The fourth-order valence-electron chi connectivity index (χ4n) is 1.60. The van der Waals surface area contributed by atoms with Crippen molar-refractivity contribution in [2.24, 2.45) is 5.10 Å². The fourth-order valence-corrected chi connectivity index (χ4v) is 2.51. The molecular weight excluding hydrogens is 246 g/mol. The largest absolute Gasteiger partial charge is 0.463 e. The molecule has 0 aliphatic carbocycles.